The number of amides is 1. The summed E-state index contributed by atoms with van der Waals surface area (Å²) in [5, 5.41) is 11.2. The lowest BCUT2D eigenvalue weighted by molar-refractivity contribution is -0.384. The van der Waals surface area contributed by atoms with Crippen molar-refractivity contribution < 1.29 is 32.4 Å². The number of nitro benzene ring substituents is 1. The second kappa shape index (κ2) is 8.44. The maximum absolute atomic E-state index is 12.8. The first kappa shape index (κ1) is 21.5. The molecule has 1 fully saturated rings. The smallest absolute Gasteiger partial charge is 0.416 e. The second-order valence-electron chi connectivity index (χ2n) is 6.62. The van der Waals surface area contributed by atoms with Crippen LogP contribution >= 0.6 is 0 Å². The molecule has 11 heteroatoms. The molecule has 1 aromatic rings. The van der Waals surface area contributed by atoms with Crippen LogP contribution in [0.2, 0.25) is 0 Å². The number of nitrogens with zero attached hydrogens (tertiary/aromatic N) is 3. The molecule has 0 atom stereocenters. The standard InChI is InChI=1S/C17H20F3N3O5/c1-21(2)15(24)10-28-16(25)11-5-7-22(8-6-11)13-4-3-12(17(18,19)20)9-14(13)23(26)27/h3-4,9,11H,5-8,10H2,1-2H3. The van der Waals surface area contributed by atoms with Gasteiger partial charge < -0.3 is 14.5 Å². The monoisotopic (exact) mass is 403 g/mol. The topological polar surface area (TPSA) is 93.0 Å². The van der Waals surface area contributed by atoms with Crippen LogP contribution in [0.4, 0.5) is 24.5 Å². The number of alkyl halides is 3. The number of ether oxygens (including phenoxy) is 1. The fourth-order valence-corrected chi connectivity index (χ4v) is 2.85. The van der Waals surface area contributed by atoms with Crippen molar-refractivity contribution in [3.05, 3.63) is 33.9 Å². The van der Waals surface area contributed by atoms with Crippen LogP contribution in [-0.4, -0.2) is 55.5 Å². The van der Waals surface area contributed by atoms with E-state index in [0.717, 1.165) is 12.1 Å². The van der Waals surface area contributed by atoms with E-state index >= 15 is 0 Å². The molecule has 0 aliphatic carbocycles. The number of nitro groups is 1. The van der Waals surface area contributed by atoms with Crippen molar-refractivity contribution in [3.8, 4) is 0 Å². The van der Waals surface area contributed by atoms with Crippen molar-refractivity contribution in [2.45, 2.75) is 19.0 Å². The fraction of sp³-hybridized carbons (Fsp3) is 0.529. The number of carbonyl (C=O) groups is 2. The van der Waals surface area contributed by atoms with Crippen molar-refractivity contribution in [1.82, 2.24) is 4.90 Å². The molecule has 0 spiro atoms. The first-order chi connectivity index (χ1) is 13.0. The van der Waals surface area contributed by atoms with Crippen LogP contribution in [0.5, 0.6) is 0 Å². The summed E-state index contributed by atoms with van der Waals surface area (Å²) in [7, 11) is 3.07. The zero-order valence-electron chi connectivity index (χ0n) is 15.4. The zero-order chi connectivity index (χ0) is 21.1. The van der Waals surface area contributed by atoms with Gasteiger partial charge in [0.1, 0.15) is 5.69 Å². The van der Waals surface area contributed by atoms with E-state index in [2.05, 4.69) is 0 Å². The number of piperidine rings is 1. The Morgan fingerprint density at radius 3 is 2.39 bits per heavy atom. The average molecular weight is 403 g/mol. The number of hydrogen-bond acceptors (Lipinski definition) is 6. The van der Waals surface area contributed by atoms with Crippen LogP contribution in [0.3, 0.4) is 0 Å². The highest BCUT2D eigenvalue weighted by Gasteiger charge is 2.35. The second-order valence-corrected chi connectivity index (χ2v) is 6.62. The molecule has 0 bridgehead atoms. The summed E-state index contributed by atoms with van der Waals surface area (Å²) in [5.41, 5.74) is -1.65. The van der Waals surface area contributed by atoms with Gasteiger partial charge in [0.15, 0.2) is 6.61 Å². The maximum atomic E-state index is 12.8. The van der Waals surface area contributed by atoms with Crippen LogP contribution < -0.4 is 4.90 Å². The molecule has 2 rings (SSSR count). The Balaban J connectivity index is 2.04. The Morgan fingerprint density at radius 1 is 1.29 bits per heavy atom. The minimum atomic E-state index is -4.68. The van der Waals surface area contributed by atoms with Gasteiger partial charge in [-0.25, -0.2) is 0 Å². The number of carbonyl (C=O) groups excluding carboxylic acids is 2. The van der Waals surface area contributed by atoms with Crippen molar-refractivity contribution >= 4 is 23.3 Å². The first-order valence-corrected chi connectivity index (χ1v) is 8.48. The van der Waals surface area contributed by atoms with Gasteiger partial charge in [-0.05, 0) is 25.0 Å². The summed E-state index contributed by atoms with van der Waals surface area (Å²) in [6.45, 7) is 0.123. The van der Waals surface area contributed by atoms with Crippen molar-refractivity contribution in [2.75, 3.05) is 38.7 Å². The van der Waals surface area contributed by atoms with Gasteiger partial charge in [-0.15, -0.1) is 0 Å². The molecular formula is C17H20F3N3O5. The summed E-state index contributed by atoms with van der Waals surface area (Å²) in [5.74, 6) is -1.36. The molecule has 0 radical (unpaired) electrons. The van der Waals surface area contributed by atoms with E-state index in [4.69, 9.17) is 4.74 Å². The van der Waals surface area contributed by atoms with Crippen molar-refractivity contribution in [1.29, 1.82) is 0 Å². The average Bonchev–Trinajstić information content (AvgIpc) is 2.64. The van der Waals surface area contributed by atoms with E-state index in [0.29, 0.717) is 18.9 Å². The third-order valence-corrected chi connectivity index (χ3v) is 4.51. The SMILES string of the molecule is CN(C)C(=O)COC(=O)C1CCN(c2ccc(C(F)(F)F)cc2[N+](=O)[O-])CC1. The molecule has 0 N–H and O–H groups in total. The quantitative estimate of drug-likeness (QED) is 0.426. The lowest BCUT2D eigenvalue weighted by Gasteiger charge is -2.32. The maximum Gasteiger partial charge on any atom is 0.416 e. The van der Waals surface area contributed by atoms with E-state index in [9.17, 15) is 32.9 Å². The van der Waals surface area contributed by atoms with Crippen LogP contribution in [0.25, 0.3) is 0 Å². The Morgan fingerprint density at radius 2 is 1.89 bits per heavy atom. The Labute approximate surface area is 159 Å². The van der Waals surface area contributed by atoms with Crippen LogP contribution in [-0.2, 0) is 20.5 Å². The van der Waals surface area contributed by atoms with Gasteiger partial charge in [-0.1, -0.05) is 0 Å². The molecule has 1 heterocycles. The van der Waals surface area contributed by atoms with Crippen LogP contribution in [0.1, 0.15) is 18.4 Å². The van der Waals surface area contributed by atoms with Gasteiger partial charge in [0.25, 0.3) is 11.6 Å². The molecule has 1 aliphatic rings. The largest absolute Gasteiger partial charge is 0.455 e. The number of benzene rings is 1. The van der Waals surface area contributed by atoms with Gasteiger partial charge in [0, 0.05) is 33.3 Å². The lowest BCUT2D eigenvalue weighted by atomic mass is 9.96. The van der Waals surface area contributed by atoms with E-state index in [1.807, 2.05) is 0 Å². The predicted octanol–water partition coefficient (Wildman–Crippen LogP) is 2.46. The molecule has 1 amide bonds. The molecule has 28 heavy (non-hydrogen) atoms. The minimum Gasteiger partial charge on any atom is -0.455 e. The third-order valence-electron chi connectivity index (χ3n) is 4.51. The third kappa shape index (κ3) is 5.11. The summed E-state index contributed by atoms with van der Waals surface area (Å²) >= 11 is 0. The summed E-state index contributed by atoms with van der Waals surface area (Å²) in [4.78, 5) is 36.8. The number of rotatable bonds is 5. The Bertz CT molecular complexity index is 759. The van der Waals surface area contributed by atoms with Gasteiger partial charge in [0.05, 0.1) is 16.4 Å². The zero-order valence-corrected chi connectivity index (χ0v) is 15.4. The van der Waals surface area contributed by atoms with Gasteiger partial charge in [-0.2, -0.15) is 13.2 Å². The number of likely N-dealkylation sites (N-methyl/N-ethyl adjacent to an activating group) is 1. The molecule has 0 aromatic heterocycles. The Hall–Kier alpha value is -2.85. The molecular weight excluding hydrogens is 383 g/mol. The van der Waals surface area contributed by atoms with E-state index in [1.165, 1.54) is 19.0 Å². The van der Waals surface area contributed by atoms with Gasteiger partial charge in [-0.3, -0.25) is 19.7 Å². The van der Waals surface area contributed by atoms with E-state index in [1.54, 1.807) is 4.90 Å². The Kier molecular flexibility index (Phi) is 6.47. The van der Waals surface area contributed by atoms with E-state index in [-0.39, 0.29) is 31.3 Å². The van der Waals surface area contributed by atoms with E-state index < -0.39 is 34.2 Å². The lowest BCUT2D eigenvalue weighted by Crippen LogP contribution is -2.38. The first-order valence-electron chi connectivity index (χ1n) is 8.48. The molecule has 154 valence electrons. The minimum absolute atomic E-state index is 0.0765. The van der Waals surface area contributed by atoms with Crippen molar-refractivity contribution in [2.24, 2.45) is 5.92 Å². The summed E-state index contributed by atoms with van der Waals surface area (Å²) < 4.78 is 43.4. The van der Waals surface area contributed by atoms with Gasteiger partial charge >= 0.3 is 12.1 Å². The molecule has 1 saturated heterocycles. The van der Waals surface area contributed by atoms with Gasteiger partial charge in [0.2, 0.25) is 0 Å². The highest BCUT2D eigenvalue weighted by molar-refractivity contribution is 5.81. The number of esters is 1. The number of halogens is 3. The normalized spacial score (nSPS) is 15.2. The van der Waals surface area contributed by atoms with Crippen LogP contribution in [0, 0.1) is 16.0 Å². The number of hydrogen-bond donors (Lipinski definition) is 0. The summed E-state index contributed by atoms with van der Waals surface area (Å²) in [6, 6.07) is 2.40. The molecule has 1 aromatic carbocycles. The highest BCUT2D eigenvalue weighted by atomic mass is 19.4. The highest BCUT2D eigenvalue weighted by Crippen LogP contribution is 2.37. The molecule has 1 aliphatic heterocycles. The number of anilines is 1. The summed E-state index contributed by atoms with van der Waals surface area (Å²) in [6.07, 6.45) is -4.05. The molecule has 0 unspecified atom stereocenters. The molecule has 0 saturated carbocycles. The molecule has 8 nitrogen and oxygen atoms in total. The predicted molar refractivity (Wildman–Crippen MR) is 92.7 cm³/mol. The fourth-order valence-electron chi connectivity index (χ4n) is 2.85. The van der Waals surface area contributed by atoms with Crippen LogP contribution in [0.15, 0.2) is 18.2 Å². The van der Waals surface area contributed by atoms with Crippen molar-refractivity contribution in [3.63, 3.8) is 0 Å².